The van der Waals surface area contributed by atoms with Gasteiger partial charge in [-0.3, -0.25) is 0 Å². The molecule has 0 fully saturated rings. The van der Waals surface area contributed by atoms with Crippen LogP contribution in [0.5, 0.6) is 0 Å². The van der Waals surface area contributed by atoms with Gasteiger partial charge in [0.1, 0.15) is 11.2 Å². The monoisotopic (exact) mass is 920 g/mol. The summed E-state index contributed by atoms with van der Waals surface area (Å²) in [6.07, 6.45) is 0. The SMILES string of the molecule is CC1(C)c2ccccc2-c2ccc(-c3cc(-c4ccccc4)nc(-c4cc(-n5c6ccccc6c6ccccc65)cc(-n5c6ccccc6c6cc(-c7ccc8oc9ccccc9c8c7)ccc65)c4)n3)cc21. The number of rotatable bonds is 6. The average Bonchev–Trinajstić information content (AvgIpc) is 4.15. The summed E-state index contributed by atoms with van der Waals surface area (Å²) < 4.78 is 11.1. The number of hydrogen-bond acceptors (Lipinski definition) is 3. The number of furan rings is 1. The van der Waals surface area contributed by atoms with Crippen molar-refractivity contribution in [2.45, 2.75) is 19.3 Å². The van der Waals surface area contributed by atoms with Gasteiger partial charge in [-0.15, -0.1) is 0 Å². The molecule has 10 aromatic carbocycles. The van der Waals surface area contributed by atoms with Gasteiger partial charge in [0.2, 0.25) is 0 Å². The molecular formula is C67H44N4O. The average molecular weight is 921 g/mol. The summed E-state index contributed by atoms with van der Waals surface area (Å²) in [4.78, 5) is 11.0. The van der Waals surface area contributed by atoms with Gasteiger partial charge in [0.25, 0.3) is 0 Å². The Morgan fingerprint density at radius 3 is 1.56 bits per heavy atom. The molecule has 15 rings (SSSR count). The van der Waals surface area contributed by atoms with Crippen molar-refractivity contribution in [1.82, 2.24) is 19.1 Å². The Morgan fingerprint density at radius 1 is 0.333 bits per heavy atom. The lowest BCUT2D eigenvalue weighted by Crippen LogP contribution is -2.14. The maximum atomic E-state index is 6.23. The molecule has 0 amide bonds. The van der Waals surface area contributed by atoms with Gasteiger partial charge in [-0.25, -0.2) is 9.97 Å². The third kappa shape index (κ3) is 6.07. The van der Waals surface area contributed by atoms with Crippen LogP contribution >= 0.6 is 0 Å². The zero-order chi connectivity index (χ0) is 47.7. The highest BCUT2D eigenvalue weighted by molar-refractivity contribution is 6.12. The van der Waals surface area contributed by atoms with Gasteiger partial charge in [0.15, 0.2) is 5.82 Å². The Balaban J connectivity index is 0.971. The maximum absolute atomic E-state index is 6.23. The van der Waals surface area contributed by atoms with Gasteiger partial charge in [-0.05, 0) is 112 Å². The highest BCUT2D eigenvalue weighted by atomic mass is 16.3. The van der Waals surface area contributed by atoms with Crippen molar-refractivity contribution >= 4 is 65.6 Å². The first-order valence-corrected chi connectivity index (χ1v) is 24.7. The summed E-state index contributed by atoms with van der Waals surface area (Å²) in [5.74, 6) is 0.656. The predicted octanol–water partition coefficient (Wildman–Crippen LogP) is 17.5. The summed E-state index contributed by atoms with van der Waals surface area (Å²) >= 11 is 0. The first-order valence-electron chi connectivity index (χ1n) is 24.7. The Morgan fingerprint density at radius 2 is 0.847 bits per heavy atom. The first kappa shape index (κ1) is 40.6. The summed E-state index contributed by atoms with van der Waals surface area (Å²) in [6.45, 7) is 4.67. The zero-order valence-electron chi connectivity index (χ0n) is 39.6. The number of nitrogens with zero attached hydrogens (tertiary/aromatic N) is 4. The lowest BCUT2D eigenvalue weighted by Gasteiger charge is -2.22. The summed E-state index contributed by atoms with van der Waals surface area (Å²) in [5.41, 5.74) is 20.5. The number of aromatic nitrogens is 4. The van der Waals surface area contributed by atoms with Crippen LogP contribution in [0.25, 0.3) is 133 Å². The van der Waals surface area contributed by atoms with Crippen molar-refractivity contribution in [2.24, 2.45) is 0 Å². The fourth-order valence-electron chi connectivity index (χ4n) is 11.9. The summed E-state index contributed by atoms with van der Waals surface area (Å²) in [5, 5.41) is 7.01. The van der Waals surface area contributed by atoms with Crippen molar-refractivity contribution in [3.8, 4) is 67.5 Å². The molecular weight excluding hydrogens is 877 g/mol. The zero-order valence-corrected chi connectivity index (χ0v) is 39.6. The van der Waals surface area contributed by atoms with Crippen molar-refractivity contribution < 1.29 is 4.42 Å². The van der Waals surface area contributed by atoms with Crippen LogP contribution in [-0.4, -0.2) is 19.1 Å². The minimum atomic E-state index is -0.156. The molecule has 0 saturated carbocycles. The highest BCUT2D eigenvalue weighted by Crippen LogP contribution is 2.50. The normalized spacial score (nSPS) is 13.0. The van der Waals surface area contributed by atoms with Crippen LogP contribution in [0, 0.1) is 0 Å². The molecule has 0 saturated heterocycles. The quantitative estimate of drug-likeness (QED) is 0.167. The summed E-state index contributed by atoms with van der Waals surface area (Å²) in [6, 6.07) is 83.2. The second-order valence-corrected chi connectivity index (χ2v) is 19.8. The fraction of sp³-hybridized carbons (Fsp3) is 0.0448. The minimum absolute atomic E-state index is 0.156. The number of para-hydroxylation sites is 4. The lowest BCUT2D eigenvalue weighted by atomic mass is 9.82. The van der Waals surface area contributed by atoms with E-state index in [-0.39, 0.29) is 5.41 Å². The molecule has 0 spiro atoms. The molecule has 0 unspecified atom stereocenters. The first-order chi connectivity index (χ1) is 35.4. The van der Waals surface area contributed by atoms with E-state index in [0.717, 1.165) is 94.6 Å². The van der Waals surface area contributed by atoms with Crippen LogP contribution in [0.4, 0.5) is 0 Å². The molecule has 0 bridgehead atoms. The van der Waals surface area contributed by atoms with Crippen LogP contribution in [-0.2, 0) is 5.41 Å². The highest BCUT2D eigenvalue weighted by Gasteiger charge is 2.35. The molecule has 4 aromatic heterocycles. The van der Waals surface area contributed by atoms with Gasteiger partial charge in [0.05, 0.1) is 33.5 Å². The van der Waals surface area contributed by atoms with E-state index in [1.807, 2.05) is 12.1 Å². The number of benzene rings is 10. The third-order valence-electron chi connectivity index (χ3n) is 15.3. The Kier molecular flexibility index (Phi) is 8.64. The topological polar surface area (TPSA) is 48.8 Å². The van der Waals surface area contributed by atoms with E-state index in [2.05, 4.69) is 241 Å². The van der Waals surface area contributed by atoms with Crippen LogP contribution in [0.15, 0.2) is 235 Å². The predicted molar refractivity (Wildman–Crippen MR) is 297 cm³/mol. The van der Waals surface area contributed by atoms with E-state index in [0.29, 0.717) is 5.82 Å². The van der Waals surface area contributed by atoms with Crippen molar-refractivity contribution in [1.29, 1.82) is 0 Å². The number of fused-ring (bicyclic) bond motifs is 12. The lowest BCUT2D eigenvalue weighted by molar-refractivity contribution is 0.660. The van der Waals surface area contributed by atoms with Gasteiger partial charge in [-0.2, -0.15) is 0 Å². The Bertz CT molecular complexity index is 4500. The van der Waals surface area contributed by atoms with Crippen molar-refractivity contribution in [3.63, 3.8) is 0 Å². The largest absolute Gasteiger partial charge is 0.456 e. The Labute approximate surface area is 415 Å². The van der Waals surface area contributed by atoms with E-state index < -0.39 is 0 Å². The van der Waals surface area contributed by atoms with Crippen molar-refractivity contribution in [2.75, 3.05) is 0 Å². The molecule has 72 heavy (non-hydrogen) atoms. The summed E-state index contributed by atoms with van der Waals surface area (Å²) in [7, 11) is 0. The van der Waals surface area contributed by atoms with E-state index in [9.17, 15) is 0 Å². The second-order valence-electron chi connectivity index (χ2n) is 19.8. The minimum Gasteiger partial charge on any atom is -0.456 e. The molecule has 4 heterocycles. The molecule has 14 aromatic rings. The molecule has 5 heteroatoms. The fourth-order valence-corrected chi connectivity index (χ4v) is 11.9. The Hall–Kier alpha value is -9.32. The van der Waals surface area contributed by atoms with E-state index in [1.165, 1.54) is 43.8 Å². The molecule has 0 aliphatic heterocycles. The van der Waals surface area contributed by atoms with Gasteiger partial charge >= 0.3 is 0 Å². The molecule has 1 aliphatic carbocycles. The van der Waals surface area contributed by atoms with Gasteiger partial charge in [0, 0.05) is 65.8 Å². The maximum Gasteiger partial charge on any atom is 0.160 e. The van der Waals surface area contributed by atoms with Crippen molar-refractivity contribution in [3.05, 3.63) is 242 Å². The third-order valence-corrected chi connectivity index (χ3v) is 15.3. The van der Waals surface area contributed by atoms with Crippen LogP contribution < -0.4 is 0 Å². The van der Waals surface area contributed by atoms with Crippen LogP contribution in [0.1, 0.15) is 25.0 Å². The molecule has 5 nitrogen and oxygen atoms in total. The van der Waals surface area contributed by atoms with E-state index >= 15 is 0 Å². The van der Waals surface area contributed by atoms with Crippen LogP contribution in [0.2, 0.25) is 0 Å². The van der Waals surface area contributed by atoms with Gasteiger partial charge in [-0.1, -0.05) is 166 Å². The van der Waals surface area contributed by atoms with E-state index in [1.54, 1.807) is 0 Å². The smallest absolute Gasteiger partial charge is 0.160 e. The number of hydrogen-bond donors (Lipinski definition) is 0. The van der Waals surface area contributed by atoms with Gasteiger partial charge < -0.3 is 13.6 Å². The van der Waals surface area contributed by atoms with E-state index in [4.69, 9.17) is 14.4 Å². The standard InChI is InChI=1S/C67H44N4O/c1-67(2)56-23-11-6-18-48(56)49-31-28-44(38-57(49)67)59-40-58(41-16-4-3-5-17-41)68-66(69-59)45-34-46(70-60-24-12-7-19-50(60)51-20-8-13-25-61(51)70)39-47(35-45)71-62-26-14-9-21-52(62)54-36-42(29-32-63(54)71)43-30-33-65-55(37-43)53-22-10-15-27-64(53)72-65/h3-40H,1-2H3. The second kappa shape index (κ2) is 15.3. The van der Waals surface area contributed by atoms with Crippen LogP contribution in [0.3, 0.4) is 0 Å². The molecule has 0 radical (unpaired) electrons. The molecule has 0 atom stereocenters. The molecule has 0 N–H and O–H groups in total. The molecule has 1 aliphatic rings. The molecule has 338 valence electrons.